The normalized spacial score (nSPS) is 12.2. The van der Waals surface area contributed by atoms with Crippen LogP contribution in [0.25, 0.3) is 54.4 Å². The van der Waals surface area contributed by atoms with Crippen LogP contribution in [0.5, 0.6) is 0 Å². The quantitative estimate of drug-likeness (QED) is 0.316. The monoisotopic (exact) mass is 334 g/mol. The second-order valence-corrected chi connectivity index (χ2v) is 7.17. The van der Waals surface area contributed by atoms with Crippen LogP contribution in [0, 0.1) is 0 Å². The lowest BCUT2D eigenvalue weighted by atomic mass is 10.0. The van der Waals surface area contributed by atoms with E-state index in [9.17, 15) is 0 Å². The predicted octanol–water partition coefficient (Wildman–Crippen LogP) is 6.13. The van der Waals surface area contributed by atoms with Gasteiger partial charge in [0.1, 0.15) is 0 Å². The number of hydrogen-bond acceptors (Lipinski definition) is 0. The van der Waals surface area contributed by atoms with E-state index in [4.69, 9.17) is 0 Å². The molecule has 0 aliphatic carbocycles. The van der Waals surface area contributed by atoms with Crippen molar-refractivity contribution in [3.63, 3.8) is 0 Å². The summed E-state index contributed by atoms with van der Waals surface area (Å²) in [6.45, 7) is 0. The van der Waals surface area contributed by atoms with E-state index in [1.165, 1.54) is 54.4 Å². The van der Waals surface area contributed by atoms with Crippen LogP contribution in [0.15, 0.2) is 72.8 Å². The molecule has 124 valence electrons. The van der Waals surface area contributed by atoms with E-state index < -0.39 is 0 Å². The number of nitrogens with zero attached hydrogens (tertiary/aromatic N) is 2. The molecule has 2 aromatic heterocycles. The Kier molecular flexibility index (Phi) is 2.51. The number of rotatable bonds is 0. The maximum atomic E-state index is 2.33. The van der Waals surface area contributed by atoms with Crippen LogP contribution in [-0.2, 0) is 14.1 Å². The number of para-hydroxylation sites is 2. The third-order valence-electron chi connectivity index (χ3n) is 5.93. The van der Waals surface area contributed by atoms with Crippen LogP contribution in [0.2, 0.25) is 0 Å². The lowest BCUT2D eigenvalue weighted by Gasteiger charge is -2.07. The predicted molar refractivity (Wildman–Crippen MR) is 112 cm³/mol. The molecule has 0 amide bonds. The summed E-state index contributed by atoms with van der Waals surface area (Å²) < 4.78 is 4.67. The van der Waals surface area contributed by atoms with Gasteiger partial charge in [0.25, 0.3) is 0 Å². The van der Waals surface area contributed by atoms with Gasteiger partial charge in [-0.05, 0) is 12.1 Å². The Morgan fingerprint density at radius 3 is 1.19 bits per heavy atom. The highest BCUT2D eigenvalue weighted by molar-refractivity contribution is 6.25. The summed E-state index contributed by atoms with van der Waals surface area (Å²) in [5, 5.41) is 7.94. The molecule has 26 heavy (non-hydrogen) atoms. The van der Waals surface area contributed by atoms with Crippen LogP contribution in [0.1, 0.15) is 0 Å². The molecule has 0 N–H and O–H groups in total. The minimum absolute atomic E-state index is 1.28. The Morgan fingerprint density at radius 1 is 0.423 bits per heavy atom. The van der Waals surface area contributed by atoms with Gasteiger partial charge >= 0.3 is 0 Å². The second kappa shape index (κ2) is 4.67. The fraction of sp³-hybridized carbons (Fsp3) is 0.0833. The Hall–Kier alpha value is -3.26. The first-order valence-electron chi connectivity index (χ1n) is 9.01. The average Bonchev–Trinajstić information content (AvgIpc) is 3.15. The van der Waals surface area contributed by atoms with Crippen molar-refractivity contribution >= 4 is 54.4 Å². The number of aryl methyl sites for hydroxylation is 2. The highest BCUT2D eigenvalue weighted by Crippen LogP contribution is 2.38. The molecule has 0 bridgehead atoms. The topological polar surface area (TPSA) is 9.86 Å². The van der Waals surface area contributed by atoms with Gasteiger partial charge < -0.3 is 9.13 Å². The summed E-state index contributed by atoms with van der Waals surface area (Å²) >= 11 is 0. The smallest absolute Gasteiger partial charge is 0.0569 e. The molecule has 6 rings (SSSR count). The van der Waals surface area contributed by atoms with E-state index in [0.717, 1.165) is 0 Å². The van der Waals surface area contributed by atoms with Crippen LogP contribution >= 0.6 is 0 Å². The highest BCUT2D eigenvalue weighted by atomic mass is 14.9. The van der Waals surface area contributed by atoms with Crippen molar-refractivity contribution in [3.8, 4) is 0 Å². The maximum Gasteiger partial charge on any atom is 0.0569 e. The van der Waals surface area contributed by atoms with Gasteiger partial charge in [-0.1, -0.05) is 60.7 Å². The van der Waals surface area contributed by atoms with Crippen molar-refractivity contribution in [1.29, 1.82) is 0 Å². The zero-order chi connectivity index (χ0) is 17.4. The number of aromatic nitrogens is 2. The minimum Gasteiger partial charge on any atom is -0.343 e. The molecule has 4 aromatic carbocycles. The number of hydrogen-bond donors (Lipinski definition) is 0. The molecular weight excluding hydrogens is 316 g/mol. The Morgan fingerprint density at radius 2 is 0.769 bits per heavy atom. The molecule has 0 radical (unpaired) electrons. The molecule has 0 unspecified atom stereocenters. The zero-order valence-electron chi connectivity index (χ0n) is 14.8. The van der Waals surface area contributed by atoms with Crippen LogP contribution in [0.3, 0.4) is 0 Å². The first-order chi connectivity index (χ1) is 12.8. The summed E-state index contributed by atoms with van der Waals surface area (Å²) in [7, 11) is 4.35. The Labute approximate surface area is 150 Å². The summed E-state index contributed by atoms with van der Waals surface area (Å²) in [5.41, 5.74) is 5.20. The SMILES string of the molecule is Cn1c2ccccc2c2ccc3c(ccc4c5ccccc5n(C)c43)c21. The number of benzene rings is 4. The first kappa shape index (κ1) is 14.0. The van der Waals surface area contributed by atoms with Crippen LogP contribution < -0.4 is 0 Å². The van der Waals surface area contributed by atoms with Gasteiger partial charge in [0, 0.05) is 57.4 Å². The van der Waals surface area contributed by atoms with Crippen molar-refractivity contribution in [2.45, 2.75) is 0 Å². The van der Waals surface area contributed by atoms with Gasteiger partial charge in [0.05, 0.1) is 11.0 Å². The highest BCUT2D eigenvalue weighted by Gasteiger charge is 2.15. The van der Waals surface area contributed by atoms with Crippen LogP contribution in [0.4, 0.5) is 0 Å². The number of fused-ring (bicyclic) bond motifs is 9. The standard InChI is InChI=1S/C24H18N2/c1-25-21-9-5-3-7-15(21)17-11-14-20-19(23(17)25)13-12-18-16-8-4-6-10-22(16)26(2)24(18)20/h3-14H,1-2H3. The molecule has 0 aliphatic rings. The van der Waals surface area contributed by atoms with Gasteiger partial charge in [0.2, 0.25) is 0 Å². The molecule has 2 nitrogen and oxygen atoms in total. The van der Waals surface area contributed by atoms with E-state index in [2.05, 4.69) is 96.0 Å². The van der Waals surface area contributed by atoms with Crippen LogP contribution in [-0.4, -0.2) is 9.13 Å². The summed E-state index contributed by atoms with van der Waals surface area (Å²) in [6.07, 6.45) is 0. The minimum atomic E-state index is 1.28. The van der Waals surface area contributed by atoms with Gasteiger partial charge in [-0.3, -0.25) is 0 Å². The molecule has 0 atom stereocenters. The van der Waals surface area contributed by atoms with Crippen molar-refractivity contribution in [2.24, 2.45) is 14.1 Å². The first-order valence-corrected chi connectivity index (χ1v) is 9.01. The van der Waals surface area contributed by atoms with Gasteiger partial charge in [-0.15, -0.1) is 0 Å². The Balaban J connectivity index is 1.92. The van der Waals surface area contributed by atoms with Gasteiger partial charge in [-0.2, -0.15) is 0 Å². The molecular formula is C24H18N2. The van der Waals surface area contributed by atoms with E-state index in [1.807, 2.05) is 0 Å². The Bertz CT molecular complexity index is 1380. The summed E-state index contributed by atoms with van der Waals surface area (Å²) in [6, 6.07) is 26.5. The van der Waals surface area contributed by atoms with Crippen molar-refractivity contribution in [2.75, 3.05) is 0 Å². The molecule has 2 heteroatoms. The van der Waals surface area contributed by atoms with E-state index in [0.29, 0.717) is 0 Å². The second-order valence-electron chi connectivity index (χ2n) is 7.17. The molecule has 6 aromatic rings. The lowest BCUT2D eigenvalue weighted by molar-refractivity contribution is 1.02. The molecule has 0 aliphatic heterocycles. The third-order valence-corrected chi connectivity index (χ3v) is 5.93. The summed E-state index contributed by atoms with van der Waals surface area (Å²) in [4.78, 5) is 0. The zero-order valence-corrected chi connectivity index (χ0v) is 14.8. The van der Waals surface area contributed by atoms with Crippen molar-refractivity contribution in [3.05, 3.63) is 72.8 Å². The van der Waals surface area contributed by atoms with Crippen molar-refractivity contribution in [1.82, 2.24) is 9.13 Å². The third kappa shape index (κ3) is 1.53. The van der Waals surface area contributed by atoms with E-state index in [-0.39, 0.29) is 0 Å². The average molecular weight is 334 g/mol. The van der Waals surface area contributed by atoms with E-state index >= 15 is 0 Å². The maximum absolute atomic E-state index is 2.33. The van der Waals surface area contributed by atoms with Crippen molar-refractivity contribution < 1.29 is 0 Å². The largest absolute Gasteiger partial charge is 0.343 e. The molecule has 0 fully saturated rings. The summed E-state index contributed by atoms with van der Waals surface area (Å²) in [5.74, 6) is 0. The molecule has 0 saturated carbocycles. The molecule has 0 spiro atoms. The fourth-order valence-corrected chi connectivity index (χ4v) is 4.76. The van der Waals surface area contributed by atoms with Gasteiger partial charge in [0.15, 0.2) is 0 Å². The fourth-order valence-electron chi connectivity index (χ4n) is 4.76. The molecule has 2 heterocycles. The van der Waals surface area contributed by atoms with E-state index in [1.54, 1.807) is 0 Å². The van der Waals surface area contributed by atoms with Gasteiger partial charge in [-0.25, -0.2) is 0 Å². The molecule has 0 saturated heterocycles. The lowest BCUT2D eigenvalue weighted by Crippen LogP contribution is -1.90.